The van der Waals surface area contributed by atoms with E-state index in [0.717, 1.165) is 6.42 Å². The fourth-order valence-corrected chi connectivity index (χ4v) is 4.24. The molecule has 0 N–H and O–H groups in total. The van der Waals surface area contributed by atoms with Gasteiger partial charge in [0.1, 0.15) is 5.78 Å². The van der Waals surface area contributed by atoms with Crippen molar-refractivity contribution >= 4 is 5.78 Å². The SMILES string of the molecule is Cc1ccc(C2C(=O)C3(C)CCC2C3(C)C)cc1. The number of rotatable bonds is 1. The Hall–Kier alpha value is -1.11. The summed E-state index contributed by atoms with van der Waals surface area (Å²) in [5.41, 5.74) is 2.54. The van der Waals surface area contributed by atoms with Gasteiger partial charge < -0.3 is 0 Å². The number of benzene rings is 1. The normalized spacial score (nSPS) is 37.2. The van der Waals surface area contributed by atoms with Gasteiger partial charge in [0, 0.05) is 11.3 Å². The van der Waals surface area contributed by atoms with Crippen LogP contribution < -0.4 is 0 Å². The minimum Gasteiger partial charge on any atom is -0.298 e. The quantitative estimate of drug-likeness (QED) is 0.724. The van der Waals surface area contributed by atoms with Crippen molar-refractivity contribution in [2.24, 2.45) is 16.7 Å². The van der Waals surface area contributed by atoms with Crippen LogP contribution in [0.4, 0.5) is 0 Å². The van der Waals surface area contributed by atoms with Gasteiger partial charge in [0.05, 0.1) is 0 Å². The van der Waals surface area contributed by atoms with Gasteiger partial charge in [0.25, 0.3) is 0 Å². The summed E-state index contributed by atoms with van der Waals surface area (Å²) in [6.07, 6.45) is 2.28. The highest BCUT2D eigenvalue weighted by atomic mass is 16.1. The van der Waals surface area contributed by atoms with Crippen LogP contribution in [0.3, 0.4) is 0 Å². The third-order valence-corrected chi connectivity index (χ3v) is 5.97. The van der Waals surface area contributed by atoms with Crippen LogP contribution >= 0.6 is 0 Å². The third kappa shape index (κ3) is 1.25. The maximum atomic E-state index is 12.8. The van der Waals surface area contributed by atoms with Crippen molar-refractivity contribution in [3.63, 3.8) is 0 Å². The predicted octanol–water partition coefficient (Wildman–Crippen LogP) is 4.10. The molecule has 0 radical (unpaired) electrons. The van der Waals surface area contributed by atoms with Crippen molar-refractivity contribution in [3.8, 4) is 0 Å². The second-order valence-electron chi connectivity index (χ2n) is 6.95. The van der Waals surface area contributed by atoms with E-state index in [1.807, 2.05) is 0 Å². The molecule has 18 heavy (non-hydrogen) atoms. The molecule has 0 amide bonds. The van der Waals surface area contributed by atoms with Crippen molar-refractivity contribution in [1.29, 1.82) is 0 Å². The van der Waals surface area contributed by atoms with Crippen LogP contribution in [-0.2, 0) is 4.79 Å². The minimum absolute atomic E-state index is 0.104. The zero-order chi connectivity index (χ0) is 13.1. The molecule has 3 unspecified atom stereocenters. The maximum Gasteiger partial charge on any atom is 0.147 e. The summed E-state index contributed by atoms with van der Waals surface area (Å²) in [5.74, 6) is 1.14. The van der Waals surface area contributed by atoms with Crippen molar-refractivity contribution in [2.45, 2.75) is 46.5 Å². The average Bonchev–Trinajstić information content (AvgIpc) is 2.63. The zero-order valence-electron chi connectivity index (χ0n) is 11.8. The lowest BCUT2D eigenvalue weighted by atomic mass is 9.70. The first-order valence-electron chi connectivity index (χ1n) is 6.99. The summed E-state index contributed by atoms with van der Waals surface area (Å²) in [4.78, 5) is 12.8. The molecule has 2 bridgehead atoms. The standard InChI is InChI=1S/C17H22O/c1-11-5-7-12(8-6-11)14-13-9-10-17(4,15(14)18)16(13,2)3/h5-8,13-14H,9-10H2,1-4H3. The van der Waals surface area contributed by atoms with Crippen LogP contribution in [0.25, 0.3) is 0 Å². The van der Waals surface area contributed by atoms with Crippen molar-refractivity contribution in [1.82, 2.24) is 0 Å². The minimum atomic E-state index is -0.104. The third-order valence-electron chi connectivity index (χ3n) is 5.97. The van der Waals surface area contributed by atoms with Gasteiger partial charge in [-0.15, -0.1) is 0 Å². The molecular formula is C17H22O. The molecule has 1 aromatic carbocycles. The Kier molecular flexibility index (Phi) is 2.30. The van der Waals surface area contributed by atoms with Crippen LogP contribution in [0.1, 0.15) is 50.7 Å². The molecule has 2 aliphatic carbocycles. The van der Waals surface area contributed by atoms with Gasteiger partial charge in [-0.3, -0.25) is 4.79 Å². The van der Waals surface area contributed by atoms with Crippen LogP contribution in [0.15, 0.2) is 24.3 Å². The van der Waals surface area contributed by atoms with Crippen molar-refractivity contribution in [3.05, 3.63) is 35.4 Å². The number of hydrogen-bond donors (Lipinski definition) is 0. The van der Waals surface area contributed by atoms with Gasteiger partial charge >= 0.3 is 0 Å². The number of ketones is 1. The van der Waals surface area contributed by atoms with Crippen LogP contribution in [0.5, 0.6) is 0 Å². The van der Waals surface area contributed by atoms with Gasteiger partial charge in [-0.05, 0) is 36.7 Å². The second-order valence-corrected chi connectivity index (χ2v) is 6.95. The number of Topliss-reactive ketones (excluding diaryl/α,β-unsaturated/α-hetero) is 1. The molecule has 3 rings (SSSR count). The smallest absolute Gasteiger partial charge is 0.147 e. The fraction of sp³-hybridized carbons (Fsp3) is 0.588. The monoisotopic (exact) mass is 242 g/mol. The van der Waals surface area contributed by atoms with Gasteiger partial charge in [-0.2, -0.15) is 0 Å². The Bertz CT molecular complexity index is 497. The number of hydrogen-bond acceptors (Lipinski definition) is 1. The van der Waals surface area contributed by atoms with E-state index in [1.54, 1.807) is 0 Å². The molecule has 1 nitrogen and oxygen atoms in total. The fourth-order valence-electron chi connectivity index (χ4n) is 4.24. The molecular weight excluding hydrogens is 220 g/mol. The van der Waals surface area contributed by atoms with Crippen LogP contribution in [-0.4, -0.2) is 5.78 Å². The summed E-state index contributed by atoms with van der Waals surface area (Å²) >= 11 is 0. The topological polar surface area (TPSA) is 17.1 Å². The summed E-state index contributed by atoms with van der Waals surface area (Å²) in [7, 11) is 0. The summed E-state index contributed by atoms with van der Waals surface area (Å²) in [6.45, 7) is 8.86. The summed E-state index contributed by atoms with van der Waals surface area (Å²) in [6, 6.07) is 8.56. The number of carbonyl (C=O) groups is 1. The Balaban J connectivity index is 2.06. The highest BCUT2D eigenvalue weighted by Crippen LogP contribution is 2.67. The molecule has 3 atom stereocenters. The predicted molar refractivity (Wildman–Crippen MR) is 73.5 cm³/mol. The highest BCUT2D eigenvalue weighted by Gasteiger charge is 2.66. The van der Waals surface area contributed by atoms with Crippen LogP contribution in [0.2, 0.25) is 0 Å². The van der Waals surface area contributed by atoms with Gasteiger partial charge in [-0.1, -0.05) is 50.6 Å². The van der Waals surface area contributed by atoms with E-state index in [4.69, 9.17) is 0 Å². The van der Waals surface area contributed by atoms with E-state index in [1.165, 1.54) is 17.5 Å². The van der Waals surface area contributed by atoms with Crippen molar-refractivity contribution in [2.75, 3.05) is 0 Å². The van der Waals surface area contributed by atoms with Gasteiger partial charge in [0.15, 0.2) is 0 Å². The Morgan fingerprint density at radius 2 is 1.72 bits per heavy atom. The number of fused-ring (bicyclic) bond motifs is 2. The molecule has 0 aromatic heterocycles. The highest BCUT2D eigenvalue weighted by molar-refractivity contribution is 5.95. The lowest BCUT2D eigenvalue weighted by Gasteiger charge is -2.32. The molecule has 96 valence electrons. The van der Waals surface area contributed by atoms with E-state index < -0.39 is 0 Å². The molecule has 2 fully saturated rings. The summed E-state index contributed by atoms with van der Waals surface area (Å²) < 4.78 is 0. The van der Waals surface area contributed by atoms with E-state index in [-0.39, 0.29) is 16.7 Å². The number of carbonyl (C=O) groups excluding carboxylic acids is 1. The first-order chi connectivity index (χ1) is 8.38. The molecule has 0 saturated heterocycles. The molecule has 2 aliphatic rings. The lowest BCUT2D eigenvalue weighted by Crippen LogP contribution is -2.33. The second kappa shape index (κ2) is 3.46. The average molecular weight is 242 g/mol. The molecule has 0 spiro atoms. The van der Waals surface area contributed by atoms with E-state index in [2.05, 4.69) is 52.0 Å². The Morgan fingerprint density at radius 1 is 1.11 bits per heavy atom. The van der Waals surface area contributed by atoms with E-state index >= 15 is 0 Å². The maximum absolute atomic E-state index is 12.8. The first-order valence-corrected chi connectivity index (χ1v) is 6.99. The van der Waals surface area contributed by atoms with Crippen molar-refractivity contribution < 1.29 is 4.79 Å². The molecule has 1 heteroatoms. The van der Waals surface area contributed by atoms with Gasteiger partial charge in [0.2, 0.25) is 0 Å². The zero-order valence-corrected chi connectivity index (χ0v) is 11.8. The molecule has 0 aliphatic heterocycles. The lowest BCUT2D eigenvalue weighted by molar-refractivity contribution is -0.129. The molecule has 1 aromatic rings. The Morgan fingerprint density at radius 3 is 2.22 bits per heavy atom. The number of aryl methyl sites for hydroxylation is 1. The summed E-state index contributed by atoms with van der Waals surface area (Å²) in [5, 5.41) is 0. The molecule has 0 heterocycles. The van der Waals surface area contributed by atoms with Gasteiger partial charge in [-0.25, -0.2) is 0 Å². The van der Waals surface area contributed by atoms with E-state index in [9.17, 15) is 4.79 Å². The molecule has 2 saturated carbocycles. The Labute approximate surface area is 110 Å². The van der Waals surface area contributed by atoms with E-state index in [0.29, 0.717) is 11.7 Å². The first kappa shape index (κ1) is 12.0. The van der Waals surface area contributed by atoms with Crippen LogP contribution in [0, 0.1) is 23.7 Å². The largest absolute Gasteiger partial charge is 0.298 e.